The van der Waals surface area contributed by atoms with Crippen LogP contribution in [-0.4, -0.2) is 30.8 Å². The minimum Gasteiger partial charge on any atom is -0.387 e. The van der Waals surface area contributed by atoms with Gasteiger partial charge in [-0.3, -0.25) is 4.79 Å². The van der Waals surface area contributed by atoms with Crippen molar-refractivity contribution >= 4 is 27.3 Å². The number of ether oxygens (including phenoxy) is 1. The van der Waals surface area contributed by atoms with Gasteiger partial charge in [-0.15, -0.1) is 11.3 Å². The molecule has 1 atom stereocenters. The molecular weight excluding hydrogens is 358 g/mol. The molecule has 2 heterocycles. The van der Waals surface area contributed by atoms with Crippen molar-refractivity contribution in [3.8, 4) is 0 Å². The van der Waals surface area contributed by atoms with Crippen LogP contribution in [0, 0.1) is 0 Å². The van der Waals surface area contributed by atoms with Crippen molar-refractivity contribution in [3.05, 3.63) is 71.1 Å². The summed E-state index contributed by atoms with van der Waals surface area (Å²) >= 11 is 1.61. The Hall–Kier alpha value is -2.21. The summed E-state index contributed by atoms with van der Waals surface area (Å²) in [5, 5.41) is 16.7. The number of carbonyl (C=O) groups is 1. The first-order valence-corrected chi connectivity index (χ1v) is 10.1. The summed E-state index contributed by atoms with van der Waals surface area (Å²) in [7, 11) is 0. The lowest BCUT2D eigenvalue weighted by Crippen LogP contribution is -2.48. The van der Waals surface area contributed by atoms with Crippen LogP contribution in [0.4, 0.5) is 0 Å². The quantitative estimate of drug-likeness (QED) is 0.707. The van der Waals surface area contributed by atoms with E-state index in [0.29, 0.717) is 26.1 Å². The number of aliphatic hydroxyl groups is 1. The lowest BCUT2D eigenvalue weighted by Gasteiger charge is -2.36. The van der Waals surface area contributed by atoms with Crippen LogP contribution >= 0.6 is 11.3 Å². The molecular formula is C22H23NO3S. The molecule has 1 unspecified atom stereocenters. The molecule has 1 saturated heterocycles. The molecule has 27 heavy (non-hydrogen) atoms. The van der Waals surface area contributed by atoms with Crippen molar-refractivity contribution in [2.75, 3.05) is 19.8 Å². The Kier molecular flexibility index (Phi) is 5.25. The van der Waals surface area contributed by atoms with Gasteiger partial charge in [-0.1, -0.05) is 48.5 Å². The number of benzene rings is 2. The van der Waals surface area contributed by atoms with Crippen molar-refractivity contribution in [2.45, 2.75) is 24.4 Å². The molecule has 1 fully saturated rings. The van der Waals surface area contributed by atoms with E-state index in [1.54, 1.807) is 11.3 Å². The van der Waals surface area contributed by atoms with Crippen LogP contribution in [0.1, 0.15) is 30.1 Å². The zero-order valence-electron chi connectivity index (χ0n) is 15.1. The van der Waals surface area contributed by atoms with Crippen molar-refractivity contribution in [2.24, 2.45) is 0 Å². The first-order chi connectivity index (χ1) is 13.2. The zero-order valence-corrected chi connectivity index (χ0v) is 15.9. The molecule has 4 rings (SSSR count). The molecule has 0 bridgehead atoms. The second-order valence-corrected chi connectivity index (χ2v) is 7.88. The van der Waals surface area contributed by atoms with Crippen LogP contribution < -0.4 is 5.32 Å². The summed E-state index contributed by atoms with van der Waals surface area (Å²) in [5.41, 5.74) is 1.30. The Morgan fingerprint density at radius 1 is 1.11 bits per heavy atom. The molecule has 1 aliphatic rings. The summed E-state index contributed by atoms with van der Waals surface area (Å²) in [6.45, 7) is 1.34. The van der Waals surface area contributed by atoms with E-state index >= 15 is 0 Å². The van der Waals surface area contributed by atoms with Crippen LogP contribution in [0.15, 0.2) is 60.0 Å². The fourth-order valence-electron chi connectivity index (χ4n) is 3.85. The summed E-state index contributed by atoms with van der Waals surface area (Å²) in [4.78, 5) is 13.2. The van der Waals surface area contributed by atoms with E-state index in [9.17, 15) is 9.90 Å². The highest BCUT2D eigenvalue weighted by atomic mass is 32.1. The monoisotopic (exact) mass is 381 g/mol. The number of thiophene rings is 1. The average molecular weight is 381 g/mol. The molecule has 2 N–H and O–H groups in total. The van der Waals surface area contributed by atoms with Gasteiger partial charge in [0.15, 0.2) is 0 Å². The highest BCUT2D eigenvalue weighted by Crippen LogP contribution is 2.35. The molecule has 1 aliphatic heterocycles. The maximum Gasteiger partial charge on any atom is 0.230 e. The molecule has 0 spiro atoms. The number of nitrogens with one attached hydrogen (secondary N) is 1. The van der Waals surface area contributed by atoms with Crippen LogP contribution in [-0.2, 0) is 14.9 Å². The smallest absolute Gasteiger partial charge is 0.230 e. The Balaban J connectivity index is 1.51. The highest BCUT2D eigenvalue weighted by molar-refractivity contribution is 7.17. The number of amides is 1. The van der Waals surface area contributed by atoms with Gasteiger partial charge in [-0.25, -0.2) is 0 Å². The second-order valence-electron chi connectivity index (χ2n) is 6.97. The van der Waals surface area contributed by atoms with Crippen molar-refractivity contribution in [3.63, 3.8) is 0 Å². The van der Waals surface area contributed by atoms with Gasteiger partial charge in [0.2, 0.25) is 5.91 Å². The largest absolute Gasteiger partial charge is 0.387 e. The van der Waals surface area contributed by atoms with E-state index in [4.69, 9.17) is 4.74 Å². The Morgan fingerprint density at radius 3 is 2.59 bits per heavy atom. The average Bonchev–Trinajstić information content (AvgIpc) is 3.17. The maximum atomic E-state index is 13.2. The Bertz CT molecular complexity index is 915. The zero-order chi connectivity index (χ0) is 18.7. The van der Waals surface area contributed by atoms with Crippen molar-refractivity contribution in [1.29, 1.82) is 0 Å². The molecule has 1 amide bonds. The van der Waals surface area contributed by atoms with Crippen molar-refractivity contribution in [1.82, 2.24) is 5.32 Å². The molecule has 2 aromatic carbocycles. The van der Waals surface area contributed by atoms with E-state index in [1.807, 2.05) is 60.0 Å². The lowest BCUT2D eigenvalue weighted by atomic mass is 9.73. The third-order valence-corrected chi connectivity index (χ3v) is 6.41. The predicted octanol–water partition coefficient (Wildman–Crippen LogP) is 3.80. The second kappa shape index (κ2) is 7.80. The van der Waals surface area contributed by atoms with Gasteiger partial charge >= 0.3 is 0 Å². The summed E-state index contributed by atoms with van der Waals surface area (Å²) in [6.07, 6.45) is 0.582. The minimum atomic E-state index is -0.724. The fourth-order valence-corrected chi connectivity index (χ4v) is 4.86. The standard InChI is InChI=1S/C22H23NO3S/c24-19(18-15-27-20-9-5-4-8-17(18)20)14-23-21(25)22(10-12-26-13-11-22)16-6-2-1-3-7-16/h1-9,15,19,24H,10-14H2,(H,23,25). The number of fused-ring (bicyclic) bond motifs is 1. The number of hydrogen-bond donors (Lipinski definition) is 2. The maximum absolute atomic E-state index is 13.2. The number of carbonyl (C=O) groups excluding carboxylic acids is 1. The van der Waals surface area contributed by atoms with Crippen LogP contribution in [0.5, 0.6) is 0 Å². The van der Waals surface area contributed by atoms with Crippen LogP contribution in [0.2, 0.25) is 0 Å². The van der Waals surface area contributed by atoms with Gasteiger partial charge < -0.3 is 15.2 Å². The Morgan fingerprint density at radius 2 is 1.81 bits per heavy atom. The summed E-state index contributed by atoms with van der Waals surface area (Å²) in [6, 6.07) is 17.9. The van der Waals surface area contributed by atoms with E-state index in [0.717, 1.165) is 21.2 Å². The van der Waals surface area contributed by atoms with Gasteiger partial charge in [0.05, 0.1) is 11.5 Å². The van der Waals surface area contributed by atoms with Gasteiger partial charge in [0.1, 0.15) is 0 Å². The van der Waals surface area contributed by atoms with Gasteiger partial charge in [0, 0.05) is 30.0 Å². The Labute approximate surface area is 162 Å². The minimum absolute atomic E-state index is 0.0319. The van der Waals surface area contributed by atoms with E-state index in [-0.39, 0.29) is 12.5 Å². The number of rotatable bonds is 5. The van der Waals surface area contributed by atoms with E-state index < -0.39 is 11.5 Å². The van der Waals surface area contributed by atoms with E-state index in [1.165, 1.54) is 0 Å². The van der Waals surface area contributed by atoms with Crippen LogP contribution in [0.3, 0.4) is 0 Å². The summed E-state index contributed by atoms with van der Waals surface area (Å²) in [5.74, 6) is -0.0319. The molecule has 0 aliphatic carbocycles. The number of hydrogen-bond acceptors (Lipinski definition) is 4. The topological polar surface area (TPSA) is 58.6 Å². The van der Waals surface area contributed by atoms with Gasteiger partial charge in [-0.05, 0) is 35.2 Å². The first-order valence-electron chi connectivity index (χ1n) is 9.26. The lowest BCUT2D eigenvalue weighted by molar-refractivity contribution is -0.131. The normalized spacial score (nSPS) is 17.5. The third-order valence-electron chi connectivity index (χ3n) is 5.43. The SMILES string of the molecule is O=C(NCC(O)c1csc2ccccc12)C1(c2ccccc2)CCOCC1. The van der Waals surface area contributed by atoms with Crippen LogP contribution in [0.25, 0.3) is 10.1 Å². The highest BCUT2D eigenvalue weighted by Gasteiger charge is 2.41. The summed E-state index contributed by atoms with van der Waals surface area (Å²) < 4.78 is 6.64. The fraction of sp³-hybridized carbons (Fsp3) is 0.318. The molecule has 4 nitrogen and oxygen atoms in total. The van der Waals surface area contributed by atoms with E-state index in [2.05, 4.69) is 5.32 Å². The molecule has 3 aromatic rings. The molecule has 0 saturated carbocycles. The third kappa shape index (κ3) is 3.50. The predicted molar refractivity (Wildman–Crippen MR) is 108 cm³/mol. The molecule has 5 heteroatoms. The molecule has 0 radical (unpaired) electrons. The van der Waals surface area contributed by atoms with Crippen molar-refractivity contribution < 1.29 is 14.6 Å². The van der Waals surface area contributed by atoms with Gasteiger partial charge in [0.25, 0.3) is 0 Å². The molecule has 140 valence electrons. The first kappa shape index (κ1) is 18.2. The van der Waals surface area contributed by atoms with Gasteiger partial charge in [-0.2, -0.15) is 0 Å². The number of aliphatic hydroxyl groups excluding tert-OH is 1. The molecule has 1 aromatic heterocycles.